The van der Waals surface area contributed by atoms with Gasteiger partial charge in [-0.3, -0.25) is 14.6 Å². The minimum absolute atomic E-state index is 0.0533. The Balaban J connectivity index is 1.73. The molecule has 2 N–H and O–H groups in total. The van der Waals surface area contributed by atoms with E-state index in [2.05, 4.69) is 27.2 Å². The Labute approximate surface area is 134 Å². The van der Waals surface area contributed by atoms with Crippen LogP contribution in [0.3, 0.4) is 0 Å². The molecule has 1 fully saturated rings. The fourth-order valence-corrected chi connectivity index (χ4v) is 2.59. The van der Waals surface area contributed by atoms with Gasteiger partial charge in [0.1, 0.15) is 5.69 Å². The maximum atomic E-state index is 12.3. The second kappa shape index (κ2) is 6.32. The van der Waals surface area contributed by atoms with Gasteiger partial charge in [-0.05, 0) is 37.3 Å². The molecule has 6 nitrogen and oxygen atoms in total. The minimum atomic E-state index is -0.284. The first-order valence-corrected chi connectivity index (χ1v) is 7.82. The highest BCUT2D eigenvalue weighted by Crippen LogP contribution is 2.36. The fourth-order valence-electron chi connectivity index (χ4n) is 2.59. The fraction of sp³-hybridized carbons (Fsp3) is 0.412. The number of amides is 1. The molecule has 2 atom stereocenters. The van der Waals surface area contributed by atoms with Gasteiger partial charge in [0.2, 0.25) is 5.91 Å². The Morgan fingerprint density at radius 1 is 1.43 bits per heavy atom. The molecule has 120 valence electrons. The van der Waals surface area contributed by atoms with Gasteiger partial charge in [-0.15, -0.1) is 0 Å². The van der Waals surface area contributed by atoms with Crippen molar-refractivity contribution in [2.75, 3.05) is 6.54 Å². The van der Waals surface area contributed by atoms with Crippen LogP contribution in [0.15, 0.2) is 29.2 Å². The predicted octanol–water partition coefficient (Wildman–Crippen LogP) is 1.46. The number of hydrogen-bond donors (Lipinski definition) is 2. The summed E-state index contributed by atoms with van der Waals surface area (Å²) in [6.07, 6.45) is 2.86. The molecule has 1 saturated carbocycles. The van der Waals surface area contributed by atoms with Crippen LogP contribution in [0, 0.1) is 18.8 Å². The average Bonchev–Trinajstić information content (AvgIpc) is 3.25. The maximum absolute atomic E-state index is 12.3. The van der Waals surface area contributed by atoms with Gasteiger partial charge in [0.05, 0.1) is 6.42 Å². The highest BCUT2D eigenvalue weighted by Gasteiger charge is 2.32. The van der Waals surface area contributed by atoms with Gasteiger partial charge in [-0.1, -0.05) is 13.0 Å². The van der Waals surface area contributed by atoms with Gasteiger partial charge in [0.25, 0.3) is 5.56 Å². The molecule has 1 aliphatic carbocycles. The van der Waals surface area contributed by atoms with E-state index < -0.39 is 0 Å². The third kappa shape index (κ3) is 3.64. The number of carbonyl (C=O) groups is 1. The lowest BCUT2D eigenvalue weighted by atomic mass is 10.1. The zero-order valence-electron chi connectivity index (χ0n) is 13.3. The summed E-state index contributed by atoms with van der Waals surface area (Å²) in [6.45, 7) is 4.61. The Morgan fingerprint density at radius 2 is 2.22 bits per heavy atom. The Hall–Kier alpha value is -2.50. The van der Waals surface area contributed by atoms with Crippen LogP contribution in [0.1, 0.15) is 24.6 Å². The number of carbonyl (C=O) groups excluding carboxylic acids is 1. The van der Waals surface area contributed by atoms with Crippen molar-refractivity contribution in [2.24, 2.45) is 11.8 Å². The Bertz CT molecular complexity index is 770. The minimum Gasteiger partial charge on any atom is -0.356 e. The van der Waals surface area contributed by atoms with Crippen molar-refractivity contribution in [3.05, 3.63) is 46.0 Å². The zero-order valence-corrected chi connectivity index (χ0v) is 13.3. The smallest absolute Gasteiger partial charge is 0.255 e. The molecule has 6 heteroatoms. The molecule has 3 rings (SSSR count). The number of nitrogens with zero attached hydrogens (tertiary/aromatic N) is 2. The summed E-state index contributed by atoms with van der Waals surface area (Å²) in [6, 6.07) is 5.41. The van der Waals surface area contributed by atoms with E-state index in [0.29, 0.717) is 41.2 Å². The zero-order chi connectivity index (χ0) is 16.4. The molecule has 0 saturated heterocycles. The number of pyridine rings is 1. The summed E-state index contributed by atoms with van der Waals surface area (Å²) in [5.74, 6) is 1.57. The molecular weight excluding hydrogens is 292 g/mol. The summed E-state index contributed by atoms with van der Waals surface area (Å²) in [5, 5.41) is 2.89. The number of nitrogens with one attached hydrogen (secondary N) is 2. The lowest BCUT2D eigenvalue weighted by molar-refractivity contribution is -0.120. The lowest BCUT2D eigenvalue weighted by Gasteiger charge is -2.08. The number of aryl methyl sites for hydroxylation is 1. The van der Waals surface area contributed by atoms with Crippen molar-refractivity contribution >= 4 is 5.91 Å². The first kappa shape index (κ1) is 15.4. The summed E-state index contributed by atoms with van der Waals surface area (Å²) in [7, 11) is 0. The second-order valence-corrected chi connectivity index (χ2v) is 6.15. The number of aromatic nitrogens is 3. The first-order chi connectivity index (χ1) is 11.0. The van der Waals surface area contributed by atoms with Crippen LogP contribution in [0.25, 0.3) is 11.5 Å². The number of aromatic amines is 1. The van der Waals surface area contributed by atoms with E-state index in [-0.39, 0.29) is 17.9 Å². The second-order valence-electron chi connectivity index (χ2n) is 6.15. The largest absolute Gasteiger partial charge is 0.356 e. The van der Waals surface area contributed by atoms with Crippen LogP contribution in [0.4, 0.5) is 0 Å². The van der Waals surface area contributed by atoms with E-state index >= 15 is 0 Å². The monoisotopic (exact) mass is 312 g/mol. The molecule has 2 heterocycles. The Morgan fingerprint density at radius 3 is 2.83 bits per heavy atom. The van der Waals surface area contributed by atoms with Gasteiger partial charge < -0.3 is 10.3 Å². The van der Waals surface area contributed by atoms with Crippen molar-refractivity contribution in [2.45, 2.75) is 26.7 Å². The normalized spacial score (nSPS) is 19.4. The molecule has 0 spiro atoms. The standard InChI is InChI=1S/C17H20N4O2/c1-10-7-12(10)9-19-15(22)8-13-11(2)20-16(21-17(13)23)14-5-3-4-6-18-14/h3-6,10,12H,7-9H2,1-2H3,(H,19,22)(H,20,21,23). The summed E-state index contributed by atoms with van der Waals surface area (Å²) < 4.78 is 0. The third-order valence-electron chi connectivity index (χ3n) is 4.30. The Kier molecular flexibility index (Phi) is 4.23. The van der Waals surface area contributed by atoms with E-state index in [1.165, 1.54) is 6.42 Å². The van der Waals surface area contributed by atoms with Crippen molar-refractivity contribution < 1.29 is 4.79 Å². The molecule has 1 amide bonds. The quantitative estimate of drug-likeness (QED) is 0.875. The summed E-state index contributed by atoms with van der Waals surface area (Å²) in [4.78, 5) is 35.5. The van der Waals surface area contributed by atoms with Crippen molar-refractivity contribution in [1.82, 2.24) is 20.3 Å². The van der Waals surface area contributed by atoms with Crippen LogP contribution in [-0.2, 0) is 11.2 Å². The molecule has 23 heavy (non-hydrogen) atoms. The molecule has 1 aliphatic rings. The molecule has 0 radical (unpaired) electrons. The van der Waals surface area contributed by atoms with Crippen LogP contribution in [0.5, 0.6) is 0 Å². The SMILES string of the molecule is Cc1nc(-c2ccccn2)[nH]c(=O)c1CC(=O)NCC1CC1C. The van der Waals surface area contributed by atoms with Crippen LogP contribution in [-0.4, -0.2) is 27.4 Å². The van der Waals surface area contributed by atoms with E-state index in [1.54, 1.807) is 25.3 Å². The molecule has 2 aromatic rings. The summed E-state index contributed by atoms with van der Waals surface area (Å²) >= 11 is 0. The lowest BCUT2D eigenvalue weighted by Crippen LogP contribution is -2.30. The third-order valence-corrected chi connectivity index (χ3v) is 4.30. The van der Waals surface area contributed by atoms with Crippen molar-refractivity contribution in [3.8, 4) is 11.5 Å². The van der Waals surface area contributed by atoms with E-state index in [1.807, 2.05) is 6.07 Å². The van der Waals surface area contributed by atoms with Gasteiger partial charge in [-0.2, -0.15) is 0 Å². The van der Waals surface area contributed by atoms with Gasteiger partial charge >= 0.3 is 0 Å². The molecule has 0 bridgehead atoms. The number of H-pyrrole nitrogens is 1. The number of hydrogen-bond acceptors (Lipinski definition) is 4. The van der Waals surface area contributed by atoms with E-state index in [9.17, 15) is 9.59 Å². The van der Waals surface area contributed by atoms with Crippen LogP contribution >= 0.6 is 0 Å². The van der Waals surface area contributed by atoms with Crippen molar-refractivity contribution in [3.63, 3.8) is 0 Å². The molecule has 0 aliphatic heterocycles. The van der Waals surface area contributed by atoms with Gasteiger partial charge in [0.15, 0.2) is 5.82 Å². The topological polar surface area (TPSA) is 87.7 Å². The van der Waals surface area contributed by atoms with Crippen molar-refractivity contribution in [1.29, 1.82) is 0 Å². The van der Waals surface area contributed by atoms with E-state index in [4.69, 9.17) is 0 Å². The van der Waals surface area contributed by atoms with Gasteiger partial charge in [-0.25, -0.2) is 4.98 Å². The molecule has 0 aromatic carbocycles. The molecule has 2 unspecified atom stereocenters. The highest BCUT2D eigenvalue weighted by atomic mass is 16.2. The van der Waals surface area contributed by atoms with Crippen LogP contribution < -0.4 is 10.9 Å². The molecule has 2 aromatic heterocycles. The summed E-state index contributed by atoms with van der Waals surface area (Å²) in [5.41, 5.74) is 1.29. The predicted molar refractivity (Wildman–Crippen MR) is 86.8 cm³/mol. The van der Waals surface area contributed by atoms with Gasteiger partial charge in [0, 0.05) is 24.0 Å². The number of rotatable bonds is 5. The average molecular weight is 312 g/mol. The van der Waals surface area contributed by atoms with Crippen LogP contribution in [0.2, 0.25) is 0 Å². The maximum Gasteiger partial charge on any atom is 0.255 e. The van der Waals surface area contributed by atoms with E-state index in [0.717, 1.165) is 0 Å². The highest BCUT2D eigenvalue weighted by molar-refractivity contribution is 5.78. The first-order valence-electron chi connectivity index (χ1n) is 7.82. The molecular formula is C17H20N4O2.